The van der Waals surface area contributed by atoms with Gasteiger partial charge in [0.25, 0.3) is 5.79 Å². The van der Waals surface area contributed by atoms with E-state index in [4.69, 9.17) is 9.47 Å². The van der Waals surface area contributed by atoms with Crippen molar-refractivity contribution in [2.24, 2.45) is 0 Å². The van der Waals surface area contributed by atoms with E-state index in [1.807, 2.05) is 6.07 Å². The van der Waals surface area contributed by atoms with Crippen LogP contribution in [0.15, 0.2) is 11.3 Å². The van der Waals surface area contributed by atoms with Crippen LogP contribution in [-0.4, -0.2) is 35.7 Å². The van der Waals surface area contributed by atoms with Gasteiger partial charge in [0.15, 0.2) is 5.57 Å². The Balaban J connectivity index is 2.35. The Bertz CT molecular complexity index is 459. The largest absolute Gasteiger partial charge is 0.419 e. The summed E-state index contributed by atoms with van der Waals surface area (Å²) in [6.45, 7) is 4.28. The van der Waals surface area contributed by atoms with E-state index in [0.717, 1.165) is 19.3 Å². The van der Waals surface area contributed by atoms with E-state index < -0.39 is 17.7 Å². The molecule has 2 heterocycles. The molecule has 6 heteroatoms. The van der Waals surface area contributed by atoms with Gasteiger partial charge in [0, 0.05) is 26.9 Å². The van der Waals surface area contributed by atoms with Crippen molar-refractivity contribution in [2.45, 2.75) is 38.9 Å². The second kappa shape index (κ2) is 4.92. The molecule has 2 aliphatic rings. The molecule has 6 nitrogen and oxygen atoms in total. The highest BCUT2D eigenvalue weighted by Crippen LogP contribution is 2.26. The lowest BCUT2D eigenvalue weighted by atomic mass is 10.1. The normalized spacial score (nSPS) is 22.4. The quantitative estimate of drug-likeness (QED) is 0.305. The van der Waals surface area contributed by atoms with Crippen LogP contribution >= 0.6 is 0 Å². The number of carbonyl (C=O) groups excluding carboxylic acids is 2. The summed E-state index contributed by atoms with van der Waals surface area (Å²) < 4.78 is 10.0. The van der Waals surface area contributed by atoms with E-state index in [1.54, 1.807) is 4.90 Å². The average Bonchev–Trinajstić information content (AvgIpc) is 2.33. The summed E-state index contributed by atoms with van der Waals surface area (Å²) in [5.74, 6) is -2.85. The average molecular weight is 264 g/mol. The lowest BCUT2D eigenvalue weighted by Gasteiger charge is -2.33. The third-order valence-corrected chi connectivity index (χ3v) is 3.10. The first kappa shape index (κ1) is 13.4. The predicted octanol–water partition coefficient (Wildman–Crippen LogP) is 1.09. The number of rotatable bonds is 1. The van der Waals surface area contributed by atoms with E-state index in [-0.39, 0.29) is 11.3 Å². The molecule has 0 aromatic carbocycles. The molecule has 2 fully saturated rings. The molecule has 2 saturated heterocycles. The summed E-state index contributed by atoms with van der Waals surface area (Å²) in [5, 5.41) is 9.23. The molecule has 2 rings (SSSR count). The van der Waals surface area contributed by atoms with Gasteiger partial charge in [-0.1, -0.05) is 0 Å². The minimum Gasteiger partial charge on any atom is -0.419 e. The zero-order valence-corrected chi connectivity index (χ0v) is 11.1. The third kappa shape index (κ3) is 2.70. The molecule has 0 aromatic rings. The van der Waals surface area contributed by atoms with Gasteiger partial charge >= 0.3 is 11.9 Å². The van der Waals surface area contributed by atoms with Crippen molar-refractivity contribution in [3.63, 3.8) is 0 Å². The molecule has 0 bridgehead atoms. The number of hydrogen-bond acceptors (Lipinski definition) is 6. The van der Waals surface area contributed by atoms with E-state index in [9.17, 15) is 14.9 Å². The molecule has 0 aromatic heterocycles. The van der Waals surface area contributed by atoms with Gasteiger partial charge in [-0.25, -0.2) is 9.59 Å². The van der Waals surface area contributed by atoms with E-state index in [1.165, 1.54) is 13.8 Å². The molecule has 2 aliphatic heterocycles. The van der Waals surface area contributed by atoms with Crippen LogP contribution < -0.4 is 0 Å². The Morgan fingerprint density at radius 3 is 2.16 bits per heavy atom. The topological polar surface area (TPSA) is 79.6 Å². The highest BCUT2D eigenvalue weighted by Gasteiger charge is 2.42. The minimum absolute atomic E-state index is 0.0604. The second-order valence-corrected chi connectivity index (χ2v) is 5.06. The maximum atomic E-state index is 11.9. The fourth-order valence-electron chi connectivity index (χ4n) is 2.25. The van der Waals surface area contributed by atoms with Crippen molar-refractivity contribution in [3.8, 4) is 6.07 Å². The molecule has 0 amide bonds. The second-order valence-electron chi connectivity index (χ2n) is 5.06. The summed E-state index contributed by atoms with van der Waals surface area (Å²) in [7, 11) is 0. The summed E-state index contributed by atoms with van der Waals surface area (Å²) in [5.41, 5.74) is -0.228. The number of piperidine rings is 1. The predicted molar refractivity (Wildman–Crippen MR) is 64.3 cm³/mol. The smallest absolute Gasteiger partial charge is 0.351 e. The van der Waals surface area contributed by atoms with E-state index in [0.29, 0.717) is 13.1 Å². The van der Waals surface area contributed by atoms with Gasteiger partial charge in [-0.05, 0) is 19.3 Å². The van der Waals surface area contributed by atoms with Crippen LogP contribution in [-0.2, 0) is 19.1 Å². The summed E-state index contributed by atoms with van der Waals surface area (Å²) in [6, 6.07) is 1.93. The summed E-state index contributed by atoms with van der Waals surface area (Å²) in [4.78, 5) is 25.6. The fraction of sp³-hybridized carbons (Fsp3) is 0.615. The summed E-state index contributed by atoms with van der Waals surface area (Å²) >= 11 is 0. The van der Waals surface area contributed by atoms with Gasteiger partial charge < -0.3 is 14.4 Å². The number of hydrogen-bond donors (Lipinski definition) is 0. The van der Waals surface area contributed by atoms with Gasteiger partial charge in [-0.15, -0.1) is 0 Å². The van der Waals surface area contributed by atoms with Gasteiger partial charge in [-0.3, -0.25) is 0 Å². The first-order chi connectivity index (χ1) is 8.94. The van der Waals surface area contributed by atoms with Crippen LogP contribution in [0.25, 0.3) is 0 Å². The Morgan fingerprint density at radius 1 is 1.16 bits per heavy atom. The van der Waals surface area contributed by atoms with Crippen molar-refractivity contribution >= 4 is 11.9 Å². The molecular formula is C13H16N2O4. The standard InChI is InChI=1S/C13H16N2O4/c1-13(2)18-11(16)10(12(17)19-13)9(8-14)15-6-4-3-5-7-15/h3-7H2,1-2H3. The molecule has 19 heavy (non-hydrogen) atoms. The molecule has 0 saturated carbocycles. The van der Waals surface area contributed by atoms with Crippen molar-refractivity contribution < 1.29 is 19.1 Å². The van der Waals surface area contributed by atoms with E-state index in [2.05, 4.69) is 0 Å². The Labute approximate surface area is 111 Å². The number of likely N-dealkylation sites (tertiary alicyclic amines) is 1. The van der Waals surface area contributed by atoms with Crippen LogP contribution in [0.3, 0.4) is 0 Å². The number of nitriles is 1. The molecule has 0 atom stereocenters. The highest BCUT2D eigenvalue weighted by atomic mass is 16.7. The van der Waals surface area contributed by atoms with Gasteiger partial charge in [0.1, 0.15) is 11.8 Å². The first-order valence-corrected chi connectivity index (χ1v) is 6.30. The van der Waals surface area contributed by atoms with Crippen LogP contribution in [0.1, 0.15) is 33.1 Å². The van der Waals surface area contributed by atoms with Crippen LogP contribution in [0.5, 0.6) is 0 Å². The molecule has 102 valence electrons. The third-order valence-electron chi connectivity index (χ3n) is 3.10. The molecule has 0 spiro atoms. The van der Waals surface area contributed by atoms with Crippen molar-refractivity contribution in [2.75, 3.05) is 13.1 Å². The number of ether oxygens (including phenoxy) is 2. The number of carbonyl (C=O) groups is 2. The summed E-state index contributed by atoms with van der Waals surface area (Å²) in [6.07, 6.45) is 2.97. The van der Waals surface area contributed by atoms with Gasteiger partial charge in [0.2, 0.25) is 0 Å². The number of esters is 2. The zero-order valence-electron chi connectivity index (χ0n) is 11.1. The fourth-order valence-corrected chi connectivity index (χ4v) is 2.25. The van der Waals surface area contributed by atoms with Crippen LogP contribution in [0.4, 0.5) is 0 Å². The number of allylic oxidation sites excluding steroid dienone is 1. The van der Waals surface area contributed by atoms with Crippen molar-refractivity contribution in [3.05, 3.63) is 11.3 Å². The maximum Gasteiger partial charge on any atom is 0.351 e. The molecule has 0 unspecified atom stereocenters. The van der Waals surface area contributed by atoms with Gasteiger partial charge in [-0.2, -0.15) is 5.26 Å². The lowest BCUT2D eigenvalue weighted by molar-refractivity contribution is -0.222. The number of nitrogens with zero attached hydrogens (tertiary/aromatic N) is 2. The highest BCUT2D eigenvalue weighted by molar-refractivity contribution is 6.16. The number of cyclic esters (lactones) is 2. The zero-order chi connectivity index (χ0) is 14.0. The molecule has 0 radical (unpaired) electrons. The Hall–Kier alpha value is -2.03. The molecular weight excluding hydrogens is 248 g/mol. The van der Waals surface area contributed by atoms with Crippen molar-refractivity contribution in [1.82, 2.24) is 4.90 Å². The van der Waals surface area contributed by atoms with Crippen LogP contribution in [0.2, 0.25) is 0 Å². The van der Waals surface area contributed by atoms with E-state index >= 15 is 0 Å². The lowest BCUT2D eigenvalue weighted by Crippen LogP contribution is -2.44. The van der Waals surface area contributed by atoms with Crippen molar-refractivity contribution in [1.29, 1.82) is 5.26 Å². The Kier molecular flexibility index (Phi) is 3.47. The SMILES string of the molecule is CC1(C)OC(=O)C(=C(C#N)N2CCCCC2)C(=O)O1. The monoisotopic (exact) mass is 264 g/mol. The first-order valence-electron chi connectivity index (χ1n) is 6.30. The van der Waals surface area contributed by atoms with Gasteiger partial charge in [0.05, 0.1) is 0 Å². The maximum absolute atomic E-state index is 11.9. The minimum atomic E-state index is -1.28. The molecule has 0 aliphatic carbocycles. The Morgan fingerprint density at radius 2 is 1.68 bits per heavy atom. The van der Waals surface area contributed by atoms with Crippen LogP contribution in [0, 0.1) is 11.3 Å². The molecule has 0 N–H and O–H groups in total.